The molecule has 118 valence electrons. The predicted molar refractivity (Wildman–Crippen MR) is 82.9 cm³/mol. The Morgan fingerprint density at radius 3 is 2.19 bits per heavy atom. The van der Waals surface area contributed by atoms with Crippen molar-refractivity contribution >= 4 is 0 Å². The zero-order valence-corrected chi connectivity index (χ0v) is 13.5. The number of rotatable bonds is 2. The highest BCUT2D eigenvalue weighted by atomic mass is 19.1. The van der Waals surface area contributed by atoms with Crippen molar-refractivity contribution in [3.8, 4) is 0 Å². The molecule has 1 aromatic rings. The first kappa shape index (κ1) is 16.4. The SMILES string of the molecule is Cc1ccc(F)c(C(N)C2CCC(C(C)(C)C)CC2)c1F. The Morgan fingerprint density at radius 2 is 1.67 bits per heavy atom. The summed E-state index contributed by atoms with van der Waals surface area (Å²) in [5.74, 6) is -0.133. The standard InChI is InChI=1S/C18H27F2N/c1-11-5-10-14(19)15(16(11)20)17(21)12-6-8-13(9-7-12)18(2,3)4/h5,10,12-13,17H,6-9,21H2,1-4H3. The first-order valence-electron chi connectivity index (χ1n) is 7.92. The van der Waals surface area contributed by atoms with Crippen LogP contribution in [0.1, 0.15) is 63.6 Å². The van der Waals surface area contributed by atoms with Crippen LogP contribution in [0.5, 0.6) is 0 Å². The molecule has 1 aliphatic rings. The van der Waals surface area contributed by atoms with E-state index in [4.69, 9.17) is 5.73 Å². The van der Waals surface area contributed by atoms with Crippen molar-refractivity contribution in [1.29, 1.82) is 0 Å². The van der Waals surface area contributed by atoms with E-state index in [1.807, 2.05) is 0 Å². The van der Waals surface area contributed by atoms with Crippen LogP contribution in [0.3, 0.4) is 0 Å². The Morgan fingerprint density at radius 1 is 1.10 bits per heavy atom. The Hall–Kier alpha value is -0.960. The molecule has 0 amide bonds. The van der Waals surface area contributed by atoms with Gasteiger partial charge in [0.2, 0.25) is 0 Å². The van der Waals surface area contributed by atoms with E-state index in [0.717, 1.165) is 25.7 Å². The van der Waals surface area contributed by atoms with Crippen LogP contribution in [0.4, 0.5) is 8.78 Å². The quantitative estimate of drug-likeness (QED) is 0.804. The zero-order chi connectivity index (χ0) is 15.8. The van der Waals surface area contributed by atoms with Crippen molar-refractivity contribution in [2.75, 3.05) is 0 Å². The summed E-state index contributed by atoms with van der Waals surface area (Å²) in [6.45, 7) is 8.44. The second kappa shape index (κ2) is 6.04. The van der Waals surface area contributed by atoms with Crippen LogP contribution in [-0.4, -0.2) is 0 Å². The third-order valence-corrected chi connectivity index (χ3v) is 5.16. The van der Waals surface area contributed by atoms with Crippen LogP contribution in [0, 0.1) is 35.8 Å². The maximum Gasteiger partial charge on any atom is 0.133 e. The number of aryl methyl sites for hydroxylation is 1. The monoisotopic (exact) mass is 295 g/mol. The van der Waals surface area contributed by atoms with Gasteiger partial charge in [-0.1, -0.05) is 26.8 Å². The molecule has 0 radical (unpaired) electrons. The minimum atomic E-state index is -0.536. The van der Waals surface area contributed by atoms with E-state index in [0.29, 0.717) is 16.9 Å². The lowest BCUT2D eigenvalue weighted by atomic mass is 9.68. The highest BCUT2D eigenvalue weighted by Gasteiger charge is 2.34. The minimum absolute atomic E-state index is 0.0780. The number of nitrogens with two attached hydrogens (primary N) is 1. The van der Waals surface area contributed by atoms with Gasteiger partial charge < -0.3 is 5.73 Å². The minimum Gasteiger partial charge on any atom is -0.324 e. The summed E-state index contributed by atoms with van der Waals surface area (Å²) >= 11 is 0. The van der Waals surface area contributed by atoms with Crippen LogP contribution in [0.25, 0.3) is 0 Å². The van der Waals surface area contributed by atoms with Crippen molar-refractivity contribution < 1.29 is 8.78 Å². The number of halogens is 2. The van der Waals surface area contributed by atoms with Crippen molar-refractivity contribution in [3.05, 3.63) is 34.9 Å². The van der Waals surface area contributed by atoms with Gasteiger partial charge in [0.25, 0.3) is 0 Å². The molecule has 0 bridgehead atoms. The van der Waals surface area contributed by atoms with Crippen molar-refractivity contribution in [2.24, 2.45) is 23.0 Å². The second-order valence-electron chi connectivity index (χ2n) is 7.60. The Bertz CT molecular complexity index is 497. The molecule has 1 unspecified atom stereocenters. The first-order chi connectivity index (χ1) is 9.71. The van der Waals surface area contributed by atoms with Crippen LogP contribution >= 0.6 is 0 Å². The molecule has 0 aromatic heterocycles. The molecule has 1 nitrogen and oxygen atoms in total. The summed E-state index contributed by atoms with van der Waals surface area (Å²) in [5, 5.41) is 0. The molecule has 1 atom stereocenters. The highest BCUT2D eigenvalue weighted by molar-refractivity contribution is 5.29. The summed E-state index contributed by atoms with van der Waals surface area (Å²) < 4.78 is 28.2. The summed E-state index contributed by atoms with van der Waals surface area (Å²) in [5.41, 5.74) is 7.06. The third kappa shape index (κ3) is 3.45. The lowest BCUT2D eigenvalue weighted by Gasteiger charge is -2.38. The van der Waals surface area contributed by atoms with E-state index in [9.17, 15) is 8.78 Å². The normalized spacial score (nSPS) is 24.9. The molecule has 0 spiro atoms. The Balaban J connectivity index is 2.13. The number of hydrogen-bond donors (Lipinski definition) is 1. The molecule has 21 heavy (non-hydrogen) atoms. The summed E-state index contributed by atoms with van der Waals surface area (Å²) in [6.07, 6.45) is 4.10. The van der Waals surface area contributed by atoms with E-state index in [2.05, 4.69) is 20.8 Å². The second-order valence-corrected chi connectivity index (χ2v) is 7.60. The molecule has 0 aliphatic heterocycles. The van der Waals surface area contributed by atoms with E-state index in [1.54, 1.807) is 6.92 Å². The molecule has 0 heterocycles. The molecular weight excluding hydrogens is 268 g/mol. The van der Waals surface area contributed by atoms with Gasteiger partial charge in [-0.15, -0.1) is 0 Å². The molecule has 2 N–H and O–H groups in total. The van der Waals surface area contributed by atoms with Gasteiger partial charge in [-0.25, -0.2) is 8.78 Å². The van der Waals surface area contributed by atoms with Gasteiger partial charge in [-0.05, 0) is 61.5 Å². The average molecular weight is 295 g/mol. The van der Waals surface area contributed by atoms with E-state index in [1.165, 1.54) is 12.1 Å². The topological polar surface area (TPSA) is 26.0 Å². The smallest absolute Gasteiger partial charge is 0.133 e. The fourth-order valence-electron chi connectivity index (χ4n) is 3.56. The molecule has 1 fully saturated rings. The Kier molecular flexibility index (Phi) is 4.72. The molecular formula is C18H27F2N. The Labute approximate surface area is 126 Å². The molecule has 0 saturated heterocycles. The maximum atomic E-state index is 14.2. The van der Waals surface area contributed by atoms with Gasteiger partial charge in [-0.2, -0.15) is 0 Å². The molecule has 1 aliphatic carbocycles. The lowest BCUT2D eigenvalue weighted by molar-refractivity contribution is 0.138. The van der Waals surface area contributed by atoms with Crippen LogP contribution in [0.15, 0.2) is 12.1 Å². The average Bonchev–Trinajstić information content (AvgIpc) is 2.42. The van der Waals surface area contributed by atoms with E-state index >= 15 is 0 Å². The predicted octanol–water partition coefficient (Wildman–Crippen LogP) is 5.13. The molecule has 1 saturated carbocycles. The summed E-state index contributed by atoms with van der Waals surface area (Å²) in [6, 6.07) is 2.26. The van der Waals surface area contributed by atoms with Gasteiger partial charge >= 0.3 is 0 Å². The number of benzene rings is 1. The van der Waals surface area contributed by atoms with E-state index in [-0.39, 0.29) is 11.5 Å². The lowest BCUT2D eigenvalue weighted by Crippen LogP contribution is -2.31. The van der Waals surface area contributed by atoms with Crippen molar-refractivity contribution in [2.45, 2.75) is 59.4 Å². The molecule has 3 heteroatoms. The zero-order valence-electron chi connectivity index (χ0n) is 13.5. The van der Waals surface area contributed by atoms with E-state index < -0.39 is 17.7 Å². The van der Waals surface area contributed by atoms with Gasteiger partial charge in [0.1, 0.15) is 11.6 Å². The molecule has 1 aromatic carbocycles. The third-order valence-electron chi connectivity index (χ3n) is 5.16. The van der Waals surface area contributed by atoms with Crippen LogP contribution in [0.2, 0.25) is 0 Å². The first-order valence-corrected chi connectivity index (χ1v) is 7.92. The van der Waals surface area contributed by atoms with Crippen LogP contribution < -0.4 is 5.73 Å². The van der Waals surface area contributed by atoms with Gasteiger partial charge in [0.05, 0.1) is 0 Å². The highest BCUT2D eigenvalue weighted by Crippen LogP contribution is 2.43. The summed E-state index contributed by atoms with van der Waals surface area (Å²) in [7, 11) is 0. The fraction of sp³-hybridized carbons (Fsp3) is 0.667. The van der Waals surface area contributed by atoms with Gasteiger partial charge in [0, 0.05) is 11.6 Å². The largest absolute Gasteiger partial charge is 0.324 e. The number of hydrogen-bond acceptors (Lipinski definition) is 1. The van der Waals surface area contributed by atoms with Crippen LogP contribution in [-0.2, 0) is 0 Å². The van der Waals surface area contributed by atoms with Crippen molar-refractivity contribution in [1.82, 2.24) is 0 Å². The van der Waals surface area contributed by atoms with Crippen molar-refractivity contribution in [3.63, 3.8) is 0 Å². The van der Waals surface area contributed by atoms with Gasteiger partial charge in [0.15, 0.2) is 0 Å². The fourth-order valence-corrected chi connectivity index (χ4v) is 3.56. The van der Waals surface area contributed by atoms with Gasteiger partial charge in [-0.3, -0.25) is 0 Å². The summed E-state index contributed by atoms with van der Waals surface area (Å²) in [4.78, 5) is 0. The maximum absolute atomic E-state index is 14.2. The molecule has 2 rings (SSSR count).